The second-order valence-electron chi connectivity index (χ2n) is 5.87. The molecule has 2 atom stereocenters. The van der Waals surface area contributed by atoms with Crippen molar-refractivity contribution in [3.8, 4) is 23.7 Å². The molecular formula is C21H19N3O4. The minimum absolute atomic E-state index is 0.273. The van der Waals surface area contributed by atoms with Gasteiger partial charge in [0, 0.05) is 22.4 Å². The minimum atomic E-state index is -1.28. The zero-order valence-corrected chi connectivity index (χ0v) is 15.1. The van der Waals surface area contributed by atoms with Crippen molar-refractivity contribution in [3.05, 3.63) is 65.2 Å². The Kier molecular flexibility index (Phi) is 7.18. The topological polar surface area (TPSA) is 125 Å². The normalized spacial score (nSPS) is 11.7. The van der Waals surface area contributed by atoms with Crippen molar-refractivity contribution in [2.24, 2.45) is 0 Å². The molecule has 142 valence electrons. The molecule has 0 heterocycles. The maximum absolute atomic E-state index is 12.2. The van der Waals surface area contributed by atoms with Crippen LogP contribution in [0.4, 0.5) is 5.69 Å². The molecule has 0 saturated heterocycles. The molecule has 0 aromatic heterocycles. The number of carbonyl (C=O) groups is 2. The van der Waals surface area contributed by atoms with Gasteiger partial charge in [0.1, 0.15) is 6.04 Å². The number of nitrogens with two attached hydrogens (primary N) is 1. The van der Waals surface area contributed by atoms with Gasteiger partial charge < -0.3 is 16.2 Å². The van der Waals surface area contributed by atoms with Crippen LogP contribution in [-0.4, -0.2) is 34.3 Å². The monoisotopic (exact) mass is 377 g/mol. The molecule has 0 aliphatic carbocycles. The van der Waals surface area contributed by atoms with Crippen LogP contribution in [0.2, 0.25) is 0 Å². The Morgan fingerprint density at radius 2 is 1.46 bits per heavy atom. The summed E-state index contributed by atoms with van der Waals surface area (Å²) in [6.45, 7) is 1.32. The van der Waals surface area contributed by atoms with Gasteiger partial charge in [0.25, 0.3) is 11.8 Å². The fraction of sp³-hybridized carbons (Fsp3) is 0.143. The molecule has 7 heteroatoms. The number of aliphatic hydroxyl groups excluding tert-OH is 1. The number of hydrogen-bond donors (Lipinski definition) is 5. The Labute approximate surface area is 162 Å². The third-order valence-corrected chi connectivity index (χ3v) is 3.70. The van der Waals surface area contributed by atoms with Crippen molar-refractivity contribution in [2.45, 2.75) is 19.1 Å². The quantitative estimate of drug-likeness (QED) is 0.232. The Bertz CT molecular complexity index is 959. The molecule has 0 saturated carbocycles. The Morgan fingerprint density at radius 1 is 0.964 bits per heavy atom. The summed E-state index contributed by atoms with van der Waals surface area (Å²) < 4.78 is 0. The second kappa shape index (κ2) is 9.79. The minimum Gasteiger partial charge on any atom is -0.399 e. The summed E-state index contributed by atoms with van der Waals surface area (Å²) in [5.41, 5.74) is 9.40. The first-order valence-corrected chi connectivity index (χ1v) is 8.31. The molecule has 0 bridgehead atoms. The van der Waals surface area contributed by atoms with Crippen LogP contribution in [0, 0.1) is 23.7 Å². The molecule has 0 radical (unpaired) electrons. The first-order valence-electron chi connectivity index (χ1n) is 8.31. The lowest BCUT2D eigenvalue weighted by molar-refractivity contribution is -0.133. The van der Waals surface area contributed by atoms with Gasteiger partial charge in [-0.05, 0) is 67.3 Å². The Morgan fingerprint density at radius 3 is 1.93 bits per heavy atom. The van der Waals surface area contributed by atoms with E-state index in [2.05, 4.69) is 29.0 Å². The third-order valence-electron chi connectivity index (χ3n) is 3.70. The highest BCUT2D eigenvalue weighted by molar-refractivity contribution is 5.97. The largest absolute Gasteiger partial charge is 0.399 e. The van der Waals surface area contributed by atoms with E-state index in [1.54, 1.807) is 36.4 Å². The van der Waals surface area contributed by atoms with Gasteiger partial charge in [-0.2, -0.15) is 0 Å². The summed E-state index contributed by atoms with van der Waals surface area (Å²) in [4.78, 5) is 23.6. The molecule has 6 N–H and O–H groups in total. The van der Waals surface area contributed by atoms with Gasteiger partial charge in [-0.25, -0.2) is 5.48 Å². The summed E-state index contributed by atoms with van der Waals surface area (Å²) in [7, 11) is 0. The van der Waals surface area contributed by atoms with Crippen molar-refractivity contribution in [3.63, 3.8) is 0 Å². The lowest BCUT2D eigenvalue weighted by Crippen LogP contribution is -2.51. The summed E-state index contributed by atoms with van der Waals surface area (Å²) in [6.07, 6.45) is -1.18. The van der Waals surface area contributed by atoms with E-state index in [-0.39, 0.29) is 5.56 Å². The van der Waals surface area contributed by atoms with E-state index >= 15 is 0 Å². The molecular weight excluding hydrogens is 358 g/mol. The van der Waals surface area contributed by atoms with Crippen molar-refractivity contribution in [2.75, 3.05) is 5.73 Å². The van der Waals surface area contributed by atoms with Gasteiger partial charge in [0.15, 0.2) is 0 Å². The number of anilines is 1. The molecule has 28 heavy (non-hydrogen) atoms. The van der Waals surface area contributed by atoms with Gasteiger partial charge in [0.2, 0.25) is 0 Å². The van der Waals surface area contributed by atoms with E-state index in [0.29, 0.717) is 11.3 Å². The van der Waals surface area contributed by atoms with Crippen molar-refractivity contribution < 1.29 is 19.9 Å². The second-order valence-corrected chi connectivity index (χ2v) is 5.87. The lowest BCUT2D eigenvalue weighted by atomic mass is 10.1. The highest BCUT2D eigenvalue weighted by Gasteiger charge is 2.25. The Hall–Kier alpha value is -3.78. The number of nitrogen functional groups attached to an aromatic ring is 1. The van der Waals surface area contributed by atoms with Crippen LogP contribution in [0.25, 0.3) is 0 Å². The fourth-order valence-electron chi connectivity index (χ4n) is 2.18. The SMILES string of the molecule is C[C@@H](O)[C@@H](NC(=O)c1ccc(C#CC#Cc2ccc(N)cc2)cc1)C(=O)NO. The van der Waals surface area contributed by atoms with Gasteiger partial charge >= 0.3 is 0 Å². The van der Waals surface area contributed by atoms with Crippen LogP contribution in [0.15, 0.2) is 48.5 Å². The van der Waals surface area contributed by atoms with Crippen molar-refractivity contribution in [1.82, 2.24) is 10.8 Å². The zero-order valence-electron chi connectivity index (χ0n) is 15.1. The predicted molar refractivity (Wildman–Crippen MR) is 104 cm³/mol. The molecule has 2 aromatic carbocycles. The van der Waals surface area contributed by atoms with E-state index in [0.717, 1.165) is 5.56 Å². The smallest absolute Gasteiger partial charge is 0.268 e. The number of aliphatic hydroxyl groups is 1. The van der Waals surface area contributed by atoms with Crippen LogP contribution in [0.1, 0.15) is 28.4 Å². The summed E-state index contributed by atoms with van der Waals surface area (Å²) in [5, 5.41) is 20.6. The zero-order chi connectivity index (χ0) is 20.5. The van der Waals surface area contributed by atoms with Crippen molar-refractivity contribution >= 4 is 17.5 Å². The van der Waals surface area contributed by atoms with E-state index in [4.69, 9.17) is 10.9 Å². The third kappa shape index (κ3) is 5.89. The predicted octanol–water partition coefficient (Wildman–Crippen LogP) is 0.657. The molecule has 0 aliphatic heterocycles. The maximum atomic E-state index is 12.2. The van der Waals surface area contributed by atoms with Gasteiger partial charge in [-0.15, -0.1) is 0 Å². The summed E-state index contributed by atoms with van der Waals surface area (Å²) in [5.74, 6) is 9.74. The molecule has 0 aliphatic rings. The maximum Gasteiger partial charge on any atom is 0.268 e. The van der Waals surface area contributed by atoms with Crippen LogP contribution >= 0.6 is 0 Å². The van der Waals surface area contributed by atoms with E-state index in [1.165, 1.54) is 24.5 Å². The standard InChI is InChI=1S/C21H19N3O4/c1-14(25)19(21(27)24-28)23-20(26)17-10-6-15(7-11-17)4-2-3-5-16-8-12-18(22)13-9-16/h6-14,19,25,28H,22H2,1H3,(H,23,26)(H,24,27)/t14-,19-/m1/s1. The van der Waals surface area contributed by atoms with Crippen LogP contribution in [-0.2, 0) is 4.79 Å². The van der Waals surface area contributed by atoms with E-state index < -0.39 is 24.0 Å². The molecule has 2 rings (SSSR count). The first-order chi connectivity index (χ1) is 13.4. The highest BCUT2D eigenvalue weighted by Crippen LogP contribution is 2.05. The number of rotatable bonds is 4. The summed E-state index contributed by atoms with van der Waals surface area (Å²) in [6, 6.07) is 12.2. The molecule has 0 spiro atoms. The van der Waals surface area contributed by atoms with E-state index in [9.17, 15) is 14.7 Å². The lowest BCUT2D eigenvalue weighted by Gasteiger charge is -2.19. The molecule has 7 nitrogen and oxygen atoms in total. The number of hydroxylamine groups is 1. The van der Waals surface area contributed by atoms with Crippen LogP contribution in [0.5, 0.6) is 0 Å². The number of amides is 2. The van der Waals surface area contributed by atoms with Gasteiger partial charge in [0.05, 0.1) is 6.10 Å². The summed E-state index contributed by atoms with van der Waals surface area (Å²) >= 11 is 0. The first kappa shape index (κ1) is 20.5. The van der Waals surface area contributed by atoms with Gasteiger partial charge in [-0.3, -0.25) is 14.8 Å². The number of nitrogens with one attached hydrogen (secondary N) is 2. The molecule has 0 unspecified atom stereocenters. The highest BCUT2D eigenvalue weighted by atomic mass is 16.5. The number of hydrogen-bond acceptors (Lipinski definition) is 5. The number of benzene rings is 2. The molecule has 2 amide bonds. The van der Waals surface area contributed by atoms with Crippen LogP contribution < -0.4 is 16.5 Å². The number of carbonyl (C=O) groups excluding carboxylic acids is 2. The Balaban J connectivity index is 2.03. The van der Waals surface area contributed by atoms with Crippen molar-refractivity contribution in [1.29, 1.82) is 0 Å². The fourth-order valence-corrected chi connectivity index (χ4v) is 2.18. The average Bonchev–Trinajstić information content (AvgIpc) is 2.70. The van der Waals surface area contributed by atoms with E-state index in [1.807, 2.05) is 0 Å². The van der Waals surface area contributed by atoms with Crippen LogP contribution in [0.3, 0.4) is 0 Å². The molecule has 0 fully saturated rings. The van der Waals surface area contributed by atoms with Gasteiger partial charge in [-0.1, -0.05) is 11.8 Å². The molecule has 2 aromatic rings. The average molecular weight is 377 g/mol.